The van der Waals surface area contributed by atoms with Gasteiger partial charge < -0.3 is 4.40 Å². The van der Waals surface area contributed by atoms with E-state index in [0.29, 0.717) is 5.69 Å². The third kappa shape index (κ3) is 2.03. The normalized spacial score (nSPS) is 10.4. The summed E-state index contributed by atoms with van der Waals surface area (Å²) in [7, 11) is 0. The van der Waals surface area contributed by atoms with E-state index < -0.39 is 0 Å². The molecule has 19 heavy (non-hydrogen) atoms. The van der Waals surface area contributed by atoms with Gasteiger partial charge in [0.25, 0.3) is 0 Å². The molecular formula is C14H11N5. The van der Waals surface area contributed by atoms with Gasteiger partial charge in [-0.25, -0.2) is 4.98 Å². The van der Waals surface area contributed by atoms with Crippen molar-refractivity contribution in [1.29, 1.82) is 0 Å². The molecule has 0 bridgehead atoms. The second-order valence-corrected chi connectivity index (χ2v) is 4.29. The smallest absolute Gasteiger partial charge is 0.140 e. The lowest BCUT2D eigenvalue weighted by atomic mass is 10.1. The Morgan fingerprint density at radius 2 is 2.16 bits per heavy atom. The molecule has 5 heteroatoms. The molecular weight excluding hydrogens is 238 g/mol. The van der Waals surface area contributed by atoms with Crippen molar-refractivity contribution in [3.05, 3.63) is 64.8 Å². The van der Waals surface area contributed by atoms with E-state index >= 15 is 0 Å². The largest absolute Gasteiger partial charge is 0.306 e. The van der Waals surface area contributed by atoms with Crippen molar-refractivity contribution in [2.24, 2.45) is 5.11 Å². The van der Waals surface area contributed by atoms with Gasteiger partial charge in [-0.15, -0.1) is 0 Å². The number of benzene rings is 1. The molecule has 0 saturated heterocycles. The van der Waals surface area contributed by atoms with Crippen LogP contribution in [0.5, 0.6) is 0 Å². The summed E-state index contributed by atoms with van der Waals surface area (Å²) < 4.78 is 1.99. The molecule has 92 valence electrons. The van der Waals surface area contributed by atoms with Gasteiger partial charge in [0.2, 0.25) is 0 Å². The van der Waals surface area contributed by atoms with E-state index in [4.69, 9.17) is 5.53 Å². The molecule has 0 radical (unpaired) electrons. The predicted octanol–water partition coefficient (Wildman–Crippen LogP) is 4.25. The van der Waals surface area contributed by atoms with Gasteiger partial charge in [-0.2, -0.15) is 0 Å². The Morgan fingerprint density at radius 1 is 1.26 bits per heavy atom. The minimum absolute atomic E-state index is 0.591. The third-order valence-corrected chi connectivity index (χ3v) is 2.98. The average molecular weight is 249 g/mol. The van der Waals surface area contributed by atoms with Crippen LogP contribution in [-0.2, 0) is 0 Å². The maximum absolute atomic E-state index is 8.47. The van der Waals surface area contributed by atoms with E-state index in [1.165, 1.54) is 0 Å². The number of aromatic nitrogens is 2. The van der Waals surface area contributed by atoms with E-state index in [9.17, 15) is 0 Å². The number of hydrogen-bond acceptors (Lipinski definition) is 2. The molecule has 0 saturated carbocycles. The van der Waals surface area contributed by atoms with Gasteiger partial charge in [0.1, 0.15) is 5.65 Å². The quantitative estimate of drug-likeness (QED) is 0.380. The van der Waals surface area contributed by atoms with Crippen molar-refractivity contribution in [1.82, 2.24) is 9.38 Å². The number of fused-ring (bicyclic) bond motifs is 1. The SMILES string of the molecule is Cc1cccn2cc(-c3cccc(N=[N+]=[N-])c3)nc12. The number of azide groups is 1. The van der Waals surface area contributed by atoms with Gasteiger partial charge >= 0.3 is 0 Å². The van der Waals surface area contributed by atoms with Gasteiger partial charge in [-0.1, -0.05) is 29.4 Å². The number of imidazole rings is 1. The molecule has 1 aromatic carbocycles. The van der Waals surface area contributed by atoms with Crippen LogP contribution in [0.2, 0.25) is 0 Å². The maximum atomic E-state index is 8.47. The summed E-state index contributed by atoms with van der Waals surface area (Å²) in [6.07, 6.45) is 3.94. The van der Waals surface area contributed by atoms with Crippen molar-refractivity contribution in [3.63, 3.8) is 0 Å². The Balaban J connectivity index is 2.16. The molecule has 2 heterocycles. The van der Waals surface area contributed by atoms with Crippen LogP contribution in [0.25, 0.3) is 27.3 Å². The highest BCUT2D eigenvalue weighted by Crippen LogP contribution is 2.24. The molecule has 0 fully saturated rings. The lowest BCUT2D eigenvalue weighted by molar-refractivity contribution is 1.16. The standard InChI is InChI=1S/C14H11N5/c1-10-4-3-7-19-9-13(16-14(10)19)11-5-2-6-12(8-11)17-18-15/h2-9H,1H3. The van der Waals surface area contributed by atoms with Gasteiger partial charge in [-0.3, -0.25) is 0 Å². The summed E-state index contributed by atoms with van der Waals surface area (Å²) in [6.45, 7) is 2.03. The average Bonchev–Trinajstić information content (AvgIpc) is 2.85. The molecule has 2 aromatic heterocycles. The highest BCUT2D eigenvalue weighted by molar-refractivity contribution is 5.67. The second kappa shape index (κ2) is 4.48. The topological polar surface area (TPSA) is 66.1 Å². The highest BCUT2D eigenvalue weighted by Gasteiger charge is 2.06. The molecule has 0 unspecified atom stereocenters. The maximum Gasteiger partial charge on any atom is 0.140 e. The molecule has 0 aliphatic rings. The van der Waals surface area contributed by atoms with Gasteiger partial charge in [0.05, 0.1) is 5.69 Å². The van der Waals surface area contributed by atoms with Crippen LogP contribution in [0.4, 0.5) is 5.69 Å². The minimum atomic E-state index is 0.591. The van der Waals surface area contributed by atoms with Crippen molar-refractivity contribution >= 4 is 11.3 Å². The Labute approximate surface area is 109 Å². The first-order valence-corrected chi connectivity index (χ1v) is 5.88. The summed E-state index contributed by atoms with van der Waals surface area (Å²) in [4.78, 5) is 7.41. The first-order chi connectivity index (χ1) is 9.28. The fourth-order valence-corrected chi connectivity index (χ4v) is 2.07. The molecule has 0 N–H and O–H groups in total. The lowest BCUT2D eigenvalue weighted by Gasteiger charge is -1.97. The highest BCUT2D eigenvalue weighted by atomic mass is 15.1. The van der Waals surface area contributed by atoms with Crippen LogP contribution >= 0.6 is 0 Å². The van der Waals surface area contributed by atoms with Crippen LogP contribution in [-0.4, -0.2) is 9.38 Å². The van der Waals surface area contributed by atoms with Crippen LogP contribution in [0.15, 0.2) is 53.9 Å². The van der Waals surface area contributed by atoms with Crippen molar-refractivity contribution in [2.75, 3.05) is 0 Å². The Kier molecular flexibility index (Phi) is 2.67. The van der Waals surface area contributed by atoms with E-state index in [2.05, 4.69) is 15.0 Å². The summed E-state index contributed by atoms with van der Waals surface area (Å²) in [6, 6.07) is 11.4. The summed E-state index contributed by atoms with van der Waals surface area (Å²) >= 11 is 0. The zero-order chi connectivity index (χ0) is 13.2. The van der Waals surface area contributed by atoms with Crippen molar-refractivity contribution in [2.45, 2.75) is 6.92 Å². The first kappa shape index (κ1) is 11.3. The summed E-state index contributed by atoms with van der Waals surface area (Å²) in [5.74, 6) is 0. The molecule has 0 aliphatic carbocycles. The number of aryl methyl sites for hydroxylation is 1. The molecule has 3 aromatic rings. The fourth-order valence-electron chi connectivity index (χ4n) is 2.07. The molecule has 5 nitrogen and oxygen atoms in total. The van der Waals surface area contributed by atoms with Gasteiger partial charge in [0, 0.05) is 28.6 Å². The van der Waals surface area contributed by atoms with E-state index in [0.717, 1.165) is 22.5 Å². The Bertz CT molecular complexity index is 796. The monoisotopic (exact) mass is 249 g/mol. The lowest BCUT2D eigenvalue weighted by Crippen LogP contribution is -1.83. The van der Waals surface area contributed by atoms with Crippen LogP contribution < -0.4 is 0 Å². The number of pyridine rings is 1. The van der Waals surface area contributed by atoms with Crippen molar-refractivity contribution in [3.8, 4) is 11.3 Å². The zero-order valence-electron chi connectivity index (χ0n) is 10.4. The van der Waals surface area contributed by atoms with Crippen LogP contribution in [0.3, 0.4) is 0 Å². The number of nitrogens with zero attached hydrogens (tertiary/aromatic N) is 5. The van der Waals surface area contributed by atoms with Crippen molar-refractivity contribution < 1.29 is 0 Å². The minimum Gasteiger partial charge on any atom is -0.306 e. The van der Waals surface area contributed by atoms with Gasteiger partial charge in [-0.05, 0) is 30.2 Å². The van der Waals surface area contributed by atoms with E-state index in [1.807, 2.05) is 54.0 Å². The Morgan fingerprint density at radius 3 is 2.95 bits per heavy atom. The first-order valence-electron chi connectivity index (χ1n) is 5.88. The summed E-state index contributed by atoms with van der Waals surface area (Å²) in [5, 5.41) is 3.61. The molecule has 3 rings (SSSR count). The third-order valence-electron chi connectivity index (χ3n) is 2.98. The molecule has 0 aliphatic heterocycles. The molecule has 0 spiro atoms. The van der Waals surface area contributed by atoms with Gasteiger partial charge in [0.15, 0.2) is 0 Å². The molecule has 0 amide bonds. The number of rotatable bonds is 2. The van der Waals surface area contributed by atoms with Crippen LogP contribution in [0, 0.1) is 6.92 Å². The van der Waals surface area contributed by atoms with Crippen LogP contribution in [0.1, 0.15) is 5.56 Å². The Hall–Kier alpha value is -2.78. The second-order valence-electron chi connectivity index (χ2n) is 4.29. The number of hydrogen-bond donors (Lipinski definition) is 0. The fraction of sp³-hybridized carbons (Fsp3) is 0.0714. The van der Waals surface area contributed by atoms with E-state index in [1.54, 1.807) is 6.07 Å². The molecule has 0 atom stereocenters. The zero-order valence-corrected chi connectivity index (χ0v) is 10.4. The predicted molar refractivity (Wildman–Crippen MR) is 74.2 cm³/mol. The summed E-state index contributed by atoms with van der Waals surface area (Å²) in [5.41, 5.74) is 12.9. The van der Waals surface area contributed by atoms with E-state index in [-0.39, 0.29) is 0 Å².